The molecule has 0 fully saturated rings. The van der Waals surface area contributed by atoms with E-state index in [1.54, 1.807) is 0 Å². The van der Waals surface area contributed by atoms with Gasteiger partial charge in [-0.2, -0.15) is 0 Å². The van der Waals surface area contributed by atoms with Gasteiger partial charge in [0.2, 0.25) is 5.91 Å². The molecule has 0 aliphatic heterocycles. The number of anilines is 1. The van der Waals surface area contributed by atoms with Gasteiger partial charge in [0.25, 0.3) is 0 Å². The summed E-state index contributed by atoms with van der Waals surface area (Å²) in [4.78, 5) is 11.8. The molecule has 0 spiro atoms. The summed E-state index contributed by atoms with van der Waals surface area (Å²) >= 11 is 0. The number of rotatable bonds is 5. The van der Waals surface area contributed by atoms with E-state index in [0.29, 0.717) is 12.3 Å². The van der Waals surface area contributed by atoms with Gasteiger partial charge in [0, 0.05) is 12.1 Å². The third-order valence-electron chi connectivity index (χ3n) is 3.23. The van der Waals surface area contributed by atoms with Crippen LogP contribution < -0.4 is 5.32 Å². The van der Waals surface area contributed by atoms with Gasteiger partial charge in [0.15, 0.2) is 0 Å². The van der Waals surface area contributed by atoms with Crippen molar-refractivity contribution in [3.05, 3.63) is 66.2 Å². The fourth-order valence-electron chi connectivity index (χ4n) is 2.04. The second-order valence-corrected chi connectivity index (χ2v) is 4.76. The SMILES string of the molecule is CC(CCC(=O)Nc1ccccc1)c1ccccc1. The summed E-state index contributed by atoms with van der Waals surface area (Å²) < 4.78 is 0. The first-order valence-electron chi connectivity index (χ1n) is 6.65. The highest BCUT2D eigenvalue weighted by molar-refractivity contribution is 5.90. The van der Waals surface area contributed by atoms with E-state index in [4.69, 9.17) is 0 Å². The van der Waals surface area contributed by atoms with E-state index >= 15 is 0 Å². The molecule has 0 aliphatic rings. The summed E-state index contributed by atoms with van der Waals surface area (Å²) in [5.74, 6) is 0.483. The monoisotopic (exact) mass is 253 g/mol. The van der Waals surface area contributed by atoms with Gasteiger partial charge in [-0.25, -0.2) is 0 Å². The minimum atomic E-state index is 0.0778. The molecule has 2 nitrogen and oxygen atoms in total. The Morgan fingerprint density at radius 2 is 1.58 bits per heavy atom. The first-order valence-corrected chi connectivity index (χ1v) is 6.65. The molecule has 2 aromatic rings. The highest BCUT2D eigenvalue weighted by Gasteiger charge is 2.08. The standard InChI is InChI=1S/C17H19NO/c1-14(15-8-4-2-5-9-15)12-13-17(19)18-16-10-6-3-7-11-16/h2-11,14H,12-13H2,1H3,(H,18,19). The second kappa shape index (κ2) is 6.74. The van der Waals surface area contributed by atoms with Crippen LogP contribution in [0.15, 0.2) is 60.7 Å². The molecule has 2 aromatic carbocycles. The van der Waals surface area contributed by atoms with Crippen LogP contribution in [0.4, 0.5) is 5.69 Å². The Balaban J connectivity index is 1.81. The smallest absolute Gasteiger partial charge is 0.224 e. The minimum Gasteiger partial charge on any atom is -0.326 e. The molecule has 1 N–H and O–H groups in total. The maximum absolute atomic E-state index is 11.8. The predicted molar refractivity (Wildman–Crippen MR) is 79.2 cm³/mol. The zero-order valence-corrected chi connectivity index (χ0v) is 11.2. The van der Waals surface area contributed by atoms with Crippen LogP contribution in [-0.4, -0.2) is 5.91 Å². The molecule has 2 heteroatoms. The summed E-state index contributed by atoms with van der Waals surface area (Å²) in [5, 5.41) is 2.91. The van der Waals surface area contributed by atoms with Crippen molar-refractivity contribution in [1.82, 2.24) is 0 Å². The summed E-state index contributed by atoms with van der Waals surface area (Å²) in [7, 11) is 0. The lowest BCUT2D eigenvalue weighted by Gasteiger charge is -2.11. The Morgan fingerprint density at radius 3 is 2.21 bits per heavy atom. The summed E-state index contributed by atoms with van der Waals surface area (Å²) in [6.07, 6.45) is 1.41. The molecule has 0 saturated carbocycles. The van der Waals surface area contributed by atoms with E-state index in [0.717, 1.165) is 12.1 Å². The number of carbonyl (C=O) groups excluding carboxylic acids is 1. The van der Waals surface area contributed by atoms with Crippen LogP contribution in [0.25, 0.3) is 0 Å². The summed E-state index contributed by atoms with van der Waals surface area (Å²) in [5.41, 5.74) is 2.15. The maximum Gasteiger partial charge on any atom is 0.224 e. The van der Waals surface area contributed by atoms with Gasteiger partial charge in [-0.15, -0.1) is 0 Å². The van der Waals surface area contributed by atoms with Crippen molar-refractivity contribution in [3.63, 3.8) is 0 Å². The van der Waals surface area contributed by atoms with E-state index < -0.39 is 0 Å². The number of hydrogen-bond donors (Lipinski definition) is 1. The number of nitrogens with one attached hydrogen (secondary N) is 1. The van der Waals surface area contributed by atoms with Crippen molar-refractivity contribution >= 4 is 11.6 Å². The lowest BCUT2D eigenvalue weighted by atomic mass is 9.96. The predicted octanol–water partition coefficient (Wildman–Crippen LogP) is 4.21. The number of hydrogen-bond acceptors (Lipinski definition) is 1. The average molecular weight is 253 g/mol. The van der Waals surface area contributed by atoms with Crippen molar-refractivity contribution in [2.45, 2.75) is 25.7 Å². The van der Waals surface area contributed by atoms with Gasteiger partial charge in [0.1, 0.15) is 0 Å². The summed E-state index contributed by atoms with van der Waals surface area (Å²) in [6.45, 7) is 2.16. The Labute approximate surface area is 114 Å². The van der Waals surface area contributed by atoms with Gasteiger partial charge in [-0.1, -0.05) is 55.5 Å². The van der Waals surface area contributed by atoms with Crippen molar-refractivity contribution in [3.8, 4) is 0 Å². The van der Waals surface area contributed by atoms with E-state index in [1.807, 2.05) is 48.5 Å². The Hall–Kier alpha value is -2.09. The third kappa shape index (κ3) is 4.25. The number of amides is 1. The number of benzene rings is 2. The Kier molecular flexibility index (Phi) is 4.73. The maximum atomic E-state index is 11.8. The van der Waals surface area contributed by atoms with Crippen LogP contribution >= 0.6 is 0 Å². The molecule has 19 heavy (non-hydrogen) atoms. The topological polar surface area (TPSA) is 29.1 Å². The molecule has 2 rings (SSSR count). The zero-order valence-electron chi connectivity index (χ0n) is 11.2. The molecule has 0 aromatic heterocycles. The second-order valence-electron chi connectivity index (χ2n) is 4.76. The van der Waals surface area contributed by atoms with Crippen molar-refractivity contribution in [1.29, 1.82) is 0 Å². The van der Waals surface area contributed by atoms with Crippen LogP contribution in [0.1, 0.15) is 31.2 Å². The van der Waals surface area contributed by atoms with Crippen LogP contribution in [0.2, 0.25) is 0 Å². The largest absolute Gasteiger partial charge is 0.326 e. The molecule has 0 saturated heterocycles. The number of carbonyl (C=O) groups is 1. The van der Waals surface area contributed by atoms with E-state index in [2.05, 4.69) is 24.4 Å². The zero-order chi connectivity index (χ0) is 13.5. The summed E-state index contributed by atoms with van der Waals surface area (Å²) in [6, 6.07) is 19.9. The third-order valence-corrected chi connectivity index (χ3v) is 3.23. The van der Waals surface area contributed by atoms with Crippen molar-refractivity contribution in [2.24, 2.45) is 0 Å². The lowest BCUT2D eigenvalue weighted by Crippen LogP contribution is -2.12. The Morgan fingerprint density at radius 1 is 1.00 bits per heavy atom. The van der Waals surface area contributed by atoms with Crippen LogP contribution in [-0.2, 0) is 4.79 Å². The van der Waals surface area contributed by atoms with Gasteiger partial charge >= 0.3 is 0 Å². The molecule has 0 radical (unpaired) electrons. The quantitative estimate of drug-likeness (QED) is 0.849. The van der Waals surface area contributed by atoms with Crippen LogP contribution in [0, 0.1) is 0 Å². The molecule has 1 amide bonds. The Bertz CT molecular complexity index is 507. The first-order chi connectivity index (χ1) is 9.25. The number of para-hydroxylation sites is 1. The molecule has 0 bridgehead atoms. The van der Waals surface area contributed by atoms with Crippen molar-refractivity contribution in [2.75, 3.05) is 5.32 Å². The highest BCUT2D eigenvalue weighted by Crippen LogP contribution is 2.20. The molecular formula is C17H19NO. The van der Waals surface area contributed by atoms with Crippen LogP contribution in [0.5, 0.6) is 0 Å². The molecule has 98 valence electrons. The fourth-order valence-corrected chi connectivity index (χ4v) is 2.04. The lowest BCUT2D eigenvalue weighted by molar-refractivity contribution is -0.116. The molecule has 0 aliphatic carbocycles. The fraction of sp³-hybridized carbons (Fsp3) is 0.235. The van der Waals surface area contributed by atoms with E-state index in [1.165, 1.54) is 5.56 Å². The van der Waals surface area contributed by atoms with Gasteiger partial charge in [-0.3, -0.25) is 4.79 Å². The normalized spacial score (nSPS) is 11.8. The minimum absolute atomic E-state index is 0.0778. The molecule has 1 unspecified atom stereocenters. The van der Waals surface area contributed by atoms with E-state index in [9.17, 15) is 4.79 Å². The van der Waals surface area contributed by atoms with Gasteiger partial charge in [0.05, 0.1) is 0 Å². The van der Waals surface area contributed by atoms with Crippen LogP contribution in [0.3, 0.4) is 0 Å². The van der Waals surface area contributed by atoms with E-state index in [-0.39, 0.29) is 5.91 Å². The van der Waals surface area contributed by atoms with Crippen molar-refractivity contribution < 1.29 is 4.79 Å². The molecule has 0 heterocycles. The highest BCUT2D eigenvalue weighted by atomic mass is 16.1. The first kappa shape index (κ1) is 13.3. The molecule has 1 atom stereocenters. The van der Waals surface area contributed by atoms with Gasteiger partial charge in [-0.05, 0) is 30.0 Å². The molecular weight excluding hydrogens is 234 g/mol. The van der Waals surface area contributed by atoms with Gasteiger partial charge < -0.3 is 5.32 Å². The average Bonchev–Trinajstić information content (AvgIpc) is 2.47.